The van der Waals surface area contributed by atoms with Crippen LogP contribution in [0.1, 0.15) is 36.0 Å². The molecular formula is C15H17N3O2. The zero-order chi connectivity index (χ0) is 13.9. The smallest absolute Gasteiger partial charge is 0.267 e. The molecular weight excluding hydrogens is 254 g/mol. The summed E-state index contributed by atoms with van der Waals surface area (Å²) in [4.78, 5) is 22.9. The molecule has 0 radical (unpaired) electrons. The Hall–Kier alpha value is -2.17. The van der Waals surface area contributed by atoms with Crippen molar-refractivity contribution in [3.05, 3.63) is 34.9 Å². The lowest BCUT2D eigenvalue weighted by molar-refractivity contribution is -0.121. The first-order chi connectivity index (χ1) is 9.72. The van der Waals surface area contributed by atoms with Gasteiger partial charge >= 0.3 is 0 Å². The van der Waals surface area contributed by atoms with Crippen LogP contribution in [-0.4, -0.2) is 17.5 Å². The highest BCUT2D eigenvalue weighted by Gasteiger charge is 2.18. The summed E-state index contributed by atoms with van der Waals surface area (Å²) in [6.07, 6.45) is 4.25. The van der Waals surface area contributed by atoms with E-state index in [2.05, 4.69) is 34.0 Å². The fourth-order valence-electron chi connectivity index (χ4n) is 2.66. The van der Waals surface area contributed by atoms with Crippen LogP contribution >= 0.6 is 0 Å². The predicted octanol–water partition coefficient (Wildman–Crippen LogP) is 1.06. The first-order valence-corrected chi connectivity index (χ1v) is 6.96. The van der Waals surface area contributed by atoms with Gasteiger partial charge in [0.25, 0.3) is 5.91 Å². The van der Waals surface area contributed by atoms with Gasteiger partial charge in [-0.25, -0.2) is 5.43 Å². The molecule has 0 saturated heterocycles. The fourth-order valence-corrected chi connectivity index (χ4v) is 2.66. The number of carbonyl (C=O) groups excluding carboxylic acids is 2. The normalized spacial score (nSPS) is 17.2. The third-order valence-electron chi connectivity index (χ3n) is 3.78. The minimum atomic E-state index is -0.203. The molecule has 1 aliphatic heterocycles. The summed E-state index contributed by atoms with van der Waals surface area (Å²) in [6.45, 7) is 0.499. The van der Waals surface area contributed by atoms with Crippen molar-refractivity contribution in [1.82, 2.24) is 10.7 Å². The molecule has 2 amide bonds. The van der Waals surface area contributed by atoms with Gasteiger partial charge in [-0.1, -0.05) is 18.2 Å². The van der Waals surface area contributed by atoms with E-state index >= 15 is 0 Å². The van der Waals surface area contributed by atoms with Gasteiger partial charge in [-0.2, -0.15) is 5.10 Å². The molecule has 0 unspecified atom stereocenters. The van der Waals surface area contributed by atoms with Gasteiger partial charge in [0.15, 0.2) is 0 Å². The molecule has 5 nitrogen and oxygen atoms in total. The number of benzene rings is 1. The van der Waals surface area contributed by atoms with Gasteiger partial charge in [0.2, 0.25) is 5.91 Å². The number of hydrogen-bond acceptors (Lipinski definition) is 3. The van der Waals surface area contributed by atoms with Crippen molar-refractivity contribution in [1.29, 1.82) is 0 Å². The lowest BCUT2D eigenvalue weighted by atomic mass is 10.1. The largest absolute Gasteiger partial charge is 0.347 e. The molecule has 0 fully saturated rings. The maximum absolute atomic E-state index is 11.9. The van der Waals surface area contributed by atoms with Crippen LogP contribution in [0.25, 0.3) is 0 Å². The number of nitrogens with zero attached hydrogens (tertiary/aromatic N) is 1. The molecule has 0 spiro atoms. The van der Waals surface area contributed by atoms with E-state index < -0.39 is 0 Å². The quantitative estimate of drug-likeness (QED) is 0.863. The Kier molecular flexibility index (Phi) is 3.50. The first-order valence-electron chi connectivity index (χ1n) is 6.96. The second-order valence-corrected chi connectivity index (χ2v) is 5.23. The van der Waals surface area contributed by atoms with Gasteiger partial charge in [0.1, 0.15) is 5.71 Å². The molecule has 2 N–H and O–H groups in total. The van der Waals surface area contributed by atoms with Gasteiger partial charge < -0.3 is 5.32 Å². The summed E-state index contributed by atoms with van der Waals surface area (Å²) >= 11 is 0. The molecule has 20 heavy (non-hydrogen) atoms. The molecule has 1 aromatic rings. The lowest BCUT2D eigenvalue weighted by Gasteiger charge is -2.12. The van der Waals surface area contributed by atoms with Crippen molar-refractivity contribution in [3.63, 3.8) is 0 Å². The van der Waals surface area contributed by atoms with Crippen LogP contribution in [-0.2, 0) is 29.0 Å². The lowest BCUT2D eigenvalue weighted by Crippen LogP contribution is -2.36. The average molecular weight is 271 g/mol. The maximum atomic E-state index is 11.9. The van der Waals surface area contributed by atoms with Gasteiger partial charge in [-0.3, -0.25) is 9.59 Å². The van der Waals surface area contributed by atoms with Crippen molar-refractivity contribution in [3.8, 4) is 0 Å². The Bertz CT molecular complexity index is 593. The van der Waals surface area contributed by atoms with Crippen LogP contribution < -0.4 is 10.7 Å². The molecule has 1 heterocycles. The highest BCUT2D eigenvalue weighted by molar-refractivity contribution is 6.39. The summed E-state index contributed by atoms with van der Waals surface area (Å²) in [6, 6.07) is 6.39. The topological polar surface area (TPSA) is 70.6 Å². The Morgan fingerprint density at radius 2 is 2.05 bits per heavy atom. The van der Waals surface area contributed by atoms with E-state index in [1.807, 2.05) is 0 Å². The standard InChI is InChI=1S/C15H17N3O2/c19-14-7-6-13(17-18-14)15(20)16-9-10-4-5-11-2-1-3-12(11)8-10/h4-5,8H,1-3,6-7,9H2,(H,16,20)(H,18,19). The molecule has 0 aromatic heterocycles. The number of rotatable bonds is 3. The predicted molar refractivity (Wildman–Crippen MR) is 75.1 cm³/mol. The summed E-state index contributed by atoms with van der Waals surface area (Å²) < 4.78 is 0. The van der Waals surface area contributed by atoms with E-state index in [1.54, 1.807) is 0 Å². The maximum Gasteiger partial charge on any atom is 0.267 e. The number of hydrazone groups is 1. The monoisotopic (exact) mass is 271 g/mol. The summed E-state index contributed by atoms with van der Waals surface area (Å²) in [5, 5.41) is 6.64. The van der Waals surface area contributed by atoms with E-state index in [0.29, 0.717) is 25.1 Å². The molecule has 1 aromatic carbocycles. The highest BCUT2D eigenvalue weighted by Crippen LogP contribution is 2.22. The highest BCUT2D eigenvalue weighted by atomic mass is 16.2. The third-order valence-corrected chi connectivity index (χ3v) is 3.78. The van der Waals surface area contributed by atoms with Gasteiger partial charge in [-0.05, 0) is 36.0 Å². The number of amides is 2. The van der Waals surface area contributed by atoms with Crippen molar-refractivity contribution >= 4 is 17.5 Å². The van der Waals surface area contributed by atoms with Crippen molar-refractivity contribution in [2.75, 3.05) is 0 Å². The van der Waals surface area contributed by atoms with E-state index in [0.717, 1.165) is 12.0 Å². The Morgan fingerprint density at radius 1 is 1.20 bits per heavy atom. The zero-order valence-corrected chi connectivity index (χ0v) is 11.2. The molecule has 1 aliphatic carbocycles. The summed E-state index contributed by atoms with van der Waals surface area (Å²) in [5.41, 5.74) is 6.67. The second kappa shape index (κ2) is 5.45. The summed E-state index contributed by atoms with van der Waals surface area (Å²) in [7, 11) is 0. The Balaban J connectivity index is 1.59. The van der Waals surface area contributed by atoms with Crippen LogP contribution in [0.5, 0.6) is 0 Å². The Morgan fingerprint density at radius 3 is 2.85 bits per heavy atom. The SMILES string of the molecule is O=C1CCC(C(=O)NCc2ccc3c(c2)CCC3)=NN1. The Labute approximate surface area is 117 Å². The molecule has 0 saturated carbocycles. The van der Waals surface area contributed by atoms with Crippen LogP contribution in [0, 0.1) is 0 Å². The van der Waals surface area contributed by atoms with E-state index in [1.165, 1.54) is 24.0 Å². The molecule has 2 aliphatic rings. The van der Waals surface area contributed by atoms with E-state index in [-0.39, 0.29) is 11.8 Å². The van der Waals surface area contributed by atoms with Crippen molar-refractivity contribution in [2.45, 2.75) is 38.6 Å². The molecule has 0 bridgehead atoms. The van der Waals surface area contributed by atoms with Crippen molar-refractivity contribution < 1.29 is 9.59 Å². The van der Waals surface area contributed by atoms with Crippen LogP contribution in [0.3, 0.4) is 0 Å². The minimum absolute atomic E-state index is 0.139. The second-order valence-electron chi connectivity index (χ2n) is 5.23. The number of fused-ring (bicyclic) bond motifs is 1. The molecule has 5 heteroatoms. The number of aryl methyl sites for hydroxylation is 2. The zero-order valence-electron chi connectivity index (χ0n) is 11.2. The van der Waals surface area contributed by atoms with E-state index in [4.69, 9.17) is 0 Å². The molecule has 104 valence electrons. The van der Waals surface area contributed by atoms with Crippen LogP contribution in [0.2, 0.25) is 0 Å². The number of carbonyl (C=O) groups is 2. The molecule has 3 rings (SSSR count). The van der Waals surface area contributed by atoms with Gasteiger partial charge in [-0.15, -0.1) is 0 Å². The van der Waals surface area contributed by atoms with Crippen LogP contribution in [0.4, 0.5) is 0 Å². The van der Waals surface area contributed by atoms with Crippen molar-refractivity contribution in [2.24, 2.45) is 5.10 Å². The minimum Gasteiger partial charge on any atom is -0.347 e. The van der Waals surface area contributed by atoms with Crippen LogP contribution in [0.15, 0.2) is 23.3 Å². The summed E-state index contributed by atoms with van der Waals surface area (Å²) in [5.74, 6) is -0.342. The number of nitrogens with one attached hydrogen (secondary N) is 2. The number of hydrogen-bond donors (Lipinski definition) is 2. The van der Waals surface area contributed by atoms with Gasteiger partial charge in [0.05, 0.1) is 0 Å². The fraction of sp³-hybridized carbons (Fsp3) is 0.400. The first kappa shape index (κ1) is 12.8. The average Bonchev–Trinajstić information content (AvgIpc) is 2.93. The van der Waals surface area contributed by atoms with Gasteiger partial charge in [0, 0.05) is 19.4 Å². The third kappa shape index (κ3) is 2.71. The van der Waals surface area contributed by atoms with E-state index in [9.17, 15) is 9.59 Å². The molecule has 0 atom stereocenters.